The topological polar surface area (TPSA) is 107 Å². The zero-order valence-electron chi connectivity index (χ0n) is 10.8. The van der Waals surface area contributed by atoms with Gasteiger partial charge in [0.25, 0.3) is 0 Å². The van der Waals surface area contributed by atoms with Crippen LogP contribution in [0.4, 0.5) is 4.39 Å². The summed E-state index contributed by atoms with van der Waals surface area (Å²) in [6, 6.07) is 3.47. The Hall–Kier alpha value is -1.99. The van der Waals surface area contributed by atoms with Crippen LogP contribution in [0.25, 0.3) is 0 Å². The molecule has 0 aliphatic rings. The summed E-state index contributed by atoms with van der Waals surface area (Å²) in [4.78, 5) is 21.3. The monoisotopic (exact) mass is 285 g/mol. The standard InChI is InChI=1S/C13H16FNO5/c1-7(16)15-6-11(17)13(20)8-2-3-10(14)9(4-8)5-12(18)19/h2-4,11,13,17,20H,5-6H2,1H3,(H,15,16)(H,18,19). The van der Waals surface area contributed by atoms with Crippen LogP contribution in [0.2, 0.25) is 0 Å². The summed E-state index contributed by atoms with van der Waals surface area (Å²) in [7, 11) is 0. The van der Waals surface area contributed by atoms with Gasteiger partial charge in [0.05, 0.1) is 6.42 Å². The average molecular weight is 285 g/mol. The number of benzene rings is 1. The van der Waals surface area contributed by atoms with Crippen LogP contribution in [-0.2, 0) is 16.0 Å². The summed E-state index contributed by atoms with van der Waals surface area (Å²) in [6.45, 7) is 1.10. The van der Waals surface area contributed by atoms with Crippen LogP contribution in [0, 0.1) is 5.82 Å². The molecule has 2 atom stereocenters. The number of carboxylic acids is 1. The SMILES string of the molecule is CC(=O)NCC(O)C(O)c1ccc(F)c(CC(=O)O)c1. The molecule has 0 heterocycles. The fourth-order valence-electron chi connectivity index (χ4n) is 1.66. The van der Waals surface area contributed by atoms with Gasteiger partial charge in [0.15, 0.2) is 0 Å². The fourth-order valence-corrected chi connectivity index (χ4v) is 1.66. The number of hydrogen-bond donors (Lipinski definition) is 4. The van der Waals surface area contributed by atoms with E-state index in [4.69, 9.17) is 5.11 Å². The van der Waals surface area contributed by atoms with E-state index in [1.807, 2.05) is 0 Å². The molecule has 1 aromatic rings. The molecular weight excluding hydrogens is 269 g/mol. The van der Waals surface area contributed by atoms with E-state index in [2.05, 4.69) is 5.32 Å². The molecule has 20 heavy (non-hydrogen) atoms. The van der Waals surface area contributed by atoms with Gasteiger partial charge in [-0.2, -0.15) is 0 Å². The van der Waals surface area contributed by atoms with Gasteiger partial charge in [-0.3, -0.25) is 9.59 Å². The highest BCUT2D eigenvalue weighted by molar-refractivity contribution is 5.72. The smallest absolute Gasteiger partial charge is 0.307 e. The highest BCUT2D eigenvalue weighted by atomic mass is 19.1. The van der Waals surface area contributed by atoms with Crippen LogP contribution in [0.1, 0.15) is 24.2 Å². The summed E-state index contributed by atoms with van der Waals surface area (Å²) >= 11 is 0. The number of carbonyl (C=O) groups is 2. The molecule has 6 nitrogen and oxygen atoms in total. The first kappa shape index (κ1) is 16.1. The third kappa shape index (κ3) is 4.60. The molecule has 1 rings (SSSR count). The lowest BCUT2D eigenvalue weighted by molar-refractivity contribution is -0.136. The maximum atomic E-state index is 13.4. The second-order valence-electron chi connectivity index (χ2n) is 4.37. The van der Waals surface area contributed by atoms with Gasteiger partial charge >= 0.3 is 5.97 Å². The lowest BCUT2D eigenvalue weighted by Crippen LogP contribution is -2.34. The molecule has 0 aliphatic heterocycles. The third-order valence-electron chi connectivity index (χ3n) is 2.68. The van der Waals surface area contributed by atoms with E-state index in [1.165, 1.54) is 19.1 Å². The van der Waals surface area contributed by atoms with Gasteiger partial charge in [-0.1, -0.05) is 6.07 Å². The second kappa shape index (κ2) is 6.97. The van der Waals surface area contributed by atoms with Crippen molar-refractivity contribution in [1.29, 1.82) is 0 Å². The Bertz CT molecular complexity index is 506. The molecule has 0 saturated heterocycles. The second-order valence-corrected chi connectivity index (χ2v) is 4.37. The molecule has 0 saturated carbocycles. The van der Waals surface area contributed by atoms with E-state index >= 15 is 0 Å². The molecule has 0 radical (unpaired) electrons. The Kier molecular flexibility index (Phi) is 5.60. The van der Waals surface area contributed by atoms with Crippen LogP contribution in [-0.4, -0.2) is 39.8 Å². The Morgan fingerprint density at radius 2 is 2.00 bits per heavy atom. The third-order valence-corrected chi connectivity index (χ3v) is 2.68. The van der Waals surface area contributed by atoms with E-state index in [9.17, 15) is 24.2 Å². The first-order chi connectivity index (χ1) is 9.31. The van der Waals surface area contributed by atoms with Crippen molar-refractivity contribution in [2.75, 3.05) is 6.54 Å². The van der Waals surface area contributed by atoms with Crippen LogP contribution >= 0.6 is 0 Å². The van der Waals surface area contributed by atoms with Gasteiger partial charge in [0.1, 0.15) is 18.0 Å². The normalized spacial score (nSPS) is 13.6. The van der Waals surface area contributed by atoms with Crippen molar-refractivity contribution in [2.24, 2.45) is 0 Å². The minimum atomic E-state index is -1.35. The first-order valence-electron chi connectivity index (χ1n) is 5.92. The molecule has 0 bridgehead atoms. The Balaban J connectivity index is 2.84. The minimum absolute atomic E-state index is 0.0826. The number of carboxylic acid groups (broad SMARTS) is 1. The quantitative estimate of drug-likeness (QED) is 0.588. The van der Waals surface area contributed by atoms with Gasteiger partial charge in [0.2, 0.25) is 5.91 Å². The molecule has 2 unspecified atom stereocenters. The zero-order chi connectivity index (χ0) is 15.3. The Morgan fingerprint density at radius 1 is 1.35 bits per heavy atom. The molecule has 4 N–H and O–H groups in total. The molecule has 7 heteroatoms. The molecule has 110 valence electrons. The largest absolute Gasteiger partial charge is 0.481 e. The van der Waals surface area contributed by atoms with Gasteiger partial charge in [-0.05, 0) is 23.3 Å². The van der Waals surface area contributed by atoms with E-state index in [-0.39, 0.29) is 23.6 Å². The lowest BCUT2D eigenvalue weighted by Gasteiger charge is -2.19. The van der Waals surface area contributed by atoms with Crippen molar-refractivity contribution < 1.29 is 29.3 Å². The molecule has 1 amide bonds. The summed E-state index contributed by atoms with van der Waals surface area (Å²) < 4.78 is 13.4. The Morgan fingerprint density at radius 3 is 2.55 bits per heavy atom. The van der Waals surface area contributed by atoms with Crippen LogP contribution in [0.15, 0.2) is 18.2 Å². The van der Waals surface area contributed by atoms with Crippen molar-refractivity contribution in [3.8, 4) is 0 Å². The van der Waals surface area contributed by atoms with E-state index < -0.39 is 30.4 Å². The van der Waals surface area contributed by atoms with Gasteiger partial charge < -0.3 is 20.6 Å². The fraction of sp³-hybridized carbons (Fsp3) is 0.385. The van der Waals surface area contributed by atoms with Crippen molar-refractivity contribution >= 4 is 11.9 Å². The molecule has 0 aliphatic carbocycles. The number of amides is 1. The van der Waals surface area contributed by atoms with Crippen molar-refractivity contribution in [2.45, 2.75) is 25.6 Å². The van der Waals surface area contributed by atoms with E-state index in [1.54, 1.807) is 0 Å². The minimum Gasteiger partial charge on any atom is -0.481 e. The average Bonchev–Trinajstić information content (AvgIpc) is 2.37. The summed E-state index contributed by atoms with van der Waals surface area (Å²) in [5, 5.41) is 30.6. The van der Waals surface area contributed by atoms with E-state index in [0.717, 1.165) is 6.07 Å². The summed E-state index contributed by atoms with van der Waals surface area (Å²) in [5.41, 5.74) is 0.0984. The van der Waals surface area contributed by atoms with Crippen LogP contribution in [0.3, 0.4) is 0 Å². The number of aliphatic carboxylic acids is 1. The first-order valence-corrected chi connectivity index (χ1v) is 5.92. The summed E-state index contributed by atoms with van der Waals surface area (Å²) in [5.74, 6) is -2.25. The Labute approximate surface area is 114 Å². The highest BCUT2D eigenvalue weighted by Gasteiger charge is 2.20. The lowest BCUT2D eigenvalue weighted by atomic mass is 10.00. The number of aliphatic hydroxyl groups is 2. The van der Waals surface area contributed by atoms with Crippen molar-refractivity contribution in [3.05, 3.63) is 35.1 Å². The maximum Gasteiger partial charge on any atom is 0.307 e. The number of rotatable bonds is 6. The predicted octanol–water partition coefficient (Wildman–Crippen LogP) is -0.0168. The zero-order valence-corrected chi connectivity index (χ0v) is 10.8. The molecule has 0 fully saturated rings. The number of nitrogens with one attached hydrogen (secondary N) is 1. The van der Waals surface area contributed by atoms with E-state index in [0.29, 0.717) is 0 Å². The van der Waals surface area contributed by atoms with Crippen molar-refractivity contribution in [3.63, 3.8) is 0 Å². The van der Waals surface area contributed by atoms with Crippen LogP contribution < -0.4 is 5.32 Å². The van der Waals surface area contributed by atoms with Crippen LogP contribution in [0.5, 0.6) is 0 Å². The maximum absolute atomic E-state index is 13.4. The predicted molar refractivity (Wildman–Crippen MR) is 67.4 cm³/mol. The number of halogens is 1. The van der Waals surface area contributed by atoms with Gasteiger partial charge in [-0.25, -0.2) is 4.39 Å². The summed E-state index contributed by atoms with van der Waals surface area (Å²) in [6.07, 6.45) is -3.15. The molecular formula is C13H16FNO5. The highest BCUT2D eigenvalue weighted by Crippen LogP contribution is 2.20. The molecule has 0 aromatic heterocycles. The number of carbonyl (C=O) groups excluding carboxylic acids is 1. The molecule has 0 spiro atoms. The number of aliphatic hydroxyl groups excluding tert-OH is 2. The number of hydrogen-bond acceptors (Lipinski definition) is 4. The molecule has 1 aromatic carbocycles. The van der Waals surface area contributed by atoms with Gasteiger partial charge in [0, 0.05) is 13.5 Å². The van der Waals surface area contributed by atoms with Crippen molar-refractivity contribution in [1.82, 2.24) is 5.32 Å². The van der Waals surface area contributed by atoms with Gasteiger partial charge in [-0.15, -0.1) is 0 Å².